The molecule has 0 aromatic heterocycles. The fraction of sp³-hybridized carbons (Fsp3) is 0.263. The third-order valence-corrected chi connectivity index (χ3v) is 4.40. The van der Waals surface area contributed by atoms with Crippen LogP contribution in [0.1, 0.15) is 27.4 Å². The normalized spacial score (nSPS) is 21.0. The number of nitrogens with zero attached hydrogens (tertiary/aromatic N) is 2. The third kappa shape index (κ3) is 3.41. The summed E-state index contributed by atoms with van der Waals surface area (Å²) in [6, 6.07) is 19.6. The summed E-state index contributed by atoms with van der Waals surface area (Å²) in [7, 11) is 0. The van der Waals surface area contributed by atoms with E-state index in [0.717, 1.165) is 25.2 Å². The quantitative estimate of drug-likeness (QED) is 0.942. The average molecular weight is 306 g/mol. The summed E-state index contributed by atoms with van der Waals surface area (Å²) >= 11 is 0. The van der Waals surface area contributed by atoms with Gasteiger partial charge in [-0.05, 0) is 23.3 Å². The van der Waals surface area contributed by atoms with Crippen LogP contribution < -0.4 is 0 Å². The van der Waals surface area contributed by atoms with Crippen LogP contribution >= 0.6 is 0 Å². The van der Waals surface area contributed by atoms with E-state index in [1.54, 1.807) is 12.1 Å². The second-order valence-corrected chi connectivity index (χ2v) is 5.95. The standard InChI is InChI=1S/C19H18N2O2/c20-10-17-12-21(13-18(17)15-4-2-1-3-5-15)11-14-6-8-16(9-7-14)19(22)23/h1-9,17-18H,11-13H2,(H,22,23)/t17-,18+/m1/s1. The van der Waals surface area contributed by atoms with E-state index in [1.807, 2.05) is 30.3 Å². The van der Waals surface area contributed by atoms with Crippen LogP contribution in [0.5, 0.6) is 0 Å². The Bertz CT molecular complexity index is 719. The summed E-state index contributed by atoms with van der Waals surface area (Å²) in [6.07, 6.45) is 0. The van der Waals surface area contributed by atoms with Gasteiger partial charge in [-0.25, -0.2) is 4.79 Å². The van der Waals surface area contributed by atoms with Gasteiger partial charge in [0.25, 0.3) is 0 Å². The van der Waals surface area contributed by atoms with Crippen LogP contribution in [0.4, 0.5) is 0 Å². The highest BCUT2D eigenvalue weighted by Crippen LogP contribution is 2.32. The number of nitriles is 1. The number of aromatic carboxylic acids is 1. The Balaban J connectivity index is 1.70. The second kappa shape index (κ2) is 6.64. The summed E-state index contributed by atoms with van der Waals surface area (Å²) in [5.74, 6) is -0.679. The molecule has 4 heteroatoms. The molecule has 1 aliphatic rings. The molecule has 0 amide bonds. The molecule has 1 heterocycles. The van der Waals surface area contributed by atoms with E-state index in [2.05, 4.69) is 23.1 Å². The van der Waals surface area contributed by atoms with Gasteiger partial charge in [0, 0.05) is 25.6 Å². The van der Waals surface area contributed by atoms with Crippen LogP contribution in [0, 0.1) is 17.2 Å². The first kappa shape index (κ1) is 15.3. The van der Waals surface area contributed by atoms with Crippen molar-refractivity contribution in [2.45, 2.75) is 12.5 Å². The minimum atomic E-state index is -0.911. The van der Waals surface area contributed by atoms with Crippen molar-refractivity contribution >= 4 is 5.97 Å². The number of benzene rings is 2. The van der Waals surface area contributed by atoms with Gasteiger partial charge in [-0.3, -0.25) is 4.90 Å². The molecule has 2 aromatic carbocycles. The molecule has 0 bridgehead atoms. The monoisotopic (exact) mass is 306 g/mol. The first-order valence-corrected chi connectivity index (χ1v) is 7.66. The number of rotatable bonds is 4. The van der Waals surface area contributed by atoms with Gasteiger partial charge in [-0.15, -0.1) is 0 Å². The first-order chi connectivity index (χ1) is 11.2. The maximum absolute atomic E-state index is 10.9. The molecule has 0 saturated carbocycles. The van der Waals surface area contributed by atoms with E-state index in [9.17, 15) is 10.1 Å². The van der Waals surface area contributed by atoms with Gasteiger partial charge in [-0.2, -0.15) is 5.26 Å². The number of hydrogen-bond donors (Lipinski definition) is 1. The van der Waals surface area contributed by atoms with Crippen LogP contribution in [0.15, 0.2) is 54.6 Å². The van der Waals surface area contributed by atoms with Crippen LogP contribution in [0.3, 0.4) is 0 Å². The molecule has 2 atom stereocenters. The Hall–Kier alpha value is -2.64. The Morgan fingerprint density at radius 1 is 1.13 bits per heavy atom. The molecule has 1 aliphatic heterocycles. The highest BCUT2D eigenvalue weighted by Gasteiger charge is 2.33. The van der Waals surface area contributed by atoms with Crippen molar-refractivity contribution in [3.05, 3.63) is 71.3 Å². The lowest BCUT2D eigenvalue weighted by Gasteiger charge is -2.16. The predicted molar refractivity (Wildman–Crippen MR) is 87.0 cm³/mol. The highest BCUT2D eigenvalue weighted by molar-refractivity contribution is 5.87. The third-order valence-electron chi connectivity index (χ3n) is 4.40. The number of likely N-dealkylation sites (tertiary alicyclic amines) is 1. The van der Waals surface area contributed by atoms with Crippen LogP contribution in [-0.4, -0.2) is 29.1 Å². The van der Waals surface area contributed by atoms with Crippen LogP contribution in [-0.2, 0) is 6.54 Å². The van der Waals surface area contributed by atoms with Crippen molar-refractivity contribution in [2.75, 3.05) is 13.1 Å². The second-order valence-electron chi connectivity index (χ2n) is 5.95. The lowest BCUT2D eigenvalue weighted by Crippen LogP contribution is -2.20. The SMILES string of the molecule is N#C[C@@H]1CN(Cc2ccc(C(=O)O)cc2)C[C@H]1c1ccccc1. The first-order valence-electron chi connectivity index (χ1n) is 7.66. The molecule has 116 valence electrons. The Labute approximate surface area is 135 Å². The molecular formula is C19H18N2O2. The number of hydrogen-bond acceptors (Lipinski definition) is 3. The Morgan fingerprint density at radius 3 is 2.43 bits per heavy atom. The lowest BCUT2D eigenvalue weighted by atomic mass is 9.90. The minimum Gasteiger partial charge on any atom is -0.478 e. The summed E-state index contributed by atoms with van der Waals surface area (Å²) in [6.45, 7) is 2.33. The van der Waals surface area contributed by atoms with Crippen molar-refractivity contribution in [1.29, 1.82) is 5.26 Å². The zero-order chi connectivity index (χ0) is 16.2. The zero-order valence-corrected chi connectivity index (χ0v) is 12.7. The van der Waals surface area contributed by atoms with Crippen LogP contribution in [0.25, 0.3) is 0 Å². The molecule has 0 radical (unpaired) electrons. The fourth-order valence-corrected chi connectivity index (χ4v) is 3.19. The summed E-state index contributed by atoms with van der Waals surface area (Å²) in [5, 5.41) is 18.4. The van der Waals surface area contributed by atoms with Gasteiger partial charge in [0.05, 0.1) is 17.6 Å². The van der Waals surface area contributed by atoms with Gasteiger partial charge >= 0.3 is 5.97 Å². The van der Waals surface area contributed by atoms with Gasteiger partial charge in [-0.1, -0.05) is 42.5 Å². The van der Waals surface area contributed by atoms with Crippen molar-refractivity contribution in [1.82, 2.24) is 4.90 Å². The van der Waals surface area contributed by atoms with E-state index < -0.39 is 5.97 Å². The summed E-state index contributed by atoms with van der Waals surface area (Å²) < 4.78 is 0. The average Bonchev–Trinajstić information content (AvgIpc) is 2.99. The van der Waals surface area contributed by atoms with E-state index in [-0.39, 0.29) is 11.8 Å². The molecule has 23 heavy (non-hydrogen) atoms. The molecular weight excluding hydrogens is 288 g/mol. The van der Waals surface area contributed by atoms with E-state index in [4.69, 9.17) is 5.11 Å². The Morgan fingerprint density at radius 2 is 1.83 bits per heavy atom. The lowest BCUT2D eigenvalue weighted by molar-refractivity contribution is 0.0697. The van der Waals surface area contributed by atoms with Crippen molar-refractivity contribution in [3.8, 4) is 6.07 Å². The number of carbonyl (C=O) groups is 1. The molecule has 0 unspecified atom stereocenters. The van der Waals surface area contributed by atoms with Gasteiger partial charge in [0.1, 0.15) is 0 Å². The topological polar surface area (TPSA) is 64.3 Å². The molecule has 2 aromatic rings. The van der Waals surface area contributed by atoms with Gasteiger partial charge < -0.3 is 5.11 Å². The summed E-state index contributed by atoms with van der Waals surface area (Å²) in [5.41, 5.74) is 2.58. The maximum atomic E-state index is 10.9. The minimum absolute atomic E-state index is 0.00399. The van der Waals surface area contributed by atoms with Crippen molar-refractivity contribution in [3.63, 3.8) is 0 Å². The smallest absolute Gasteiger partial charge is 0.335 e. The highest BCUT2D eigenvalue weighted by atomic mass is 16.4. The van der Waals surface area contributed by atoms with Gasteiger partial charge in [0.2, 0.25) is 0 Å². The molecule has 0 aliphatic carbocycles. The van der Waals surface area contributed by atoms with Crippen molar-refractivity contribution < 1.29 is 9.90 Å². The number of carboxylic acids is 1. The maximum Gasteiger partial charge on any atom is 0.335 e. The molecule has 3 rings (SSSR count). The molecule has 4 nitrogen and oxygen atoms in total. The molecule has 0 spiro atoms. The molecule has 1 saturated heterocycles. The fourth-order valence-electron chi connectivity index (χ4n) is 3.19. The van der Waals surface area contributed by atoms with E-state index in [1.165, 1.54) is 5.56 Å². The zero-order valence-electron chi connectivity index (χ0n) is 12.7. The summed E-state index contributed by atoms with van der Waals surface area (Å²) in [4.78, 5) is 13.2. The molecule has 1 N–H and O–H groups in total. The van der Waals surface area contributed by atoms with E-state index >= 15 is 0 Å². The van der Waals surface area contributed by atoms with Crippen molar-refractivity contribution in [2.24, 2.45) is 5.92 Å². The number of carboxylic acid groups (broad SMARTS) is 1. The molecule has 1 fully saturated rings. The largest absolute Gasteiger partial charge is 0.478 e. The van der Waals surface area contributed by atoms with Crippen LogP contribution in [0.2, 0.25) is 0 Å². The predicted octanol–water partition coefficient (Wildman–Crippen LogP) is 3.12. The van der Waals surface area contributed by atoms with E-state index in [0.29, 0.717) is 5.56 Å². The van der Waals surface area contributed by atoms with Gasteiger partial charge in [0.15, 0.2) is 0 Å². The Kier molecular flexibility index (Phi) is 4.40.